The predicted octanol–water partition coefficient (Wildman–Crippen LogP) is 1.11. The summed E-state index contributed by atoms with van der Waals surface area (Å²) in [6.07, 6.45) is 1.34. The summed E-state index contributed by atoms with van der Waals surface area (Å²) in [4.78, 5) is 19.5. The molecule has 1 aromatic rings. The molecule has 0 atom stereocenters. The minimum absolute atomic E-state index is 0.0358. The second-order valence-corrected chi connectivity index (χ2v) is 5.25. The molecule has 17 heavy (non-hydrogen) atoms. The topological polar surface area (TPSA) is 54.5 Å². The SMILES string of the molecule is COCCC(=O)Nc1nc2c(s1)CN(C)CC2. The number of nitrogens with zero attached hydrogens (tertiary/aromatic N) is 2. The van der Waals surface area contributed by atoms with Crippen molar-refractivity contribution in [3.63, 3.8) is 0 Å². The standard InChI is InChI=1S/C11H17N3O2S/c1-14-5-3-8-9(7-14)17-11(12-8)13-10(15)4-6-16-2/h3-7H2,1-2H3,(H,12,13,15). The average Bonchev–Trinajstić information content (AvgIpc) is 2.67. The Labute approximate surface area is 105 Å². The van der Waals surface area contributed by atoms with Crippen molar-refractivity contribution < 1.29 is 9.53 Å². The molecule has 1 N–H and O–H groups in total. The van der Waals surface area contributed by atoms with Crippen LogP contribution in [0.15, 0.2) is 0 Å². The Balaban J connectivity index is 1.96. The molecule has 0 radical (unpaired) electrons. The van der Waals surface area contributed by atoms with E-state index in [0.29, 0.717) is 18.2 Å². The van der Waals surface area contributed by atoms with E-state index in [1.54, 1.807) is 18.4 Å². The number of hydrogen-bond acceptors (Lipinski definition) is 5. The maximum Gasteiger partial charge on any atom is 0.228 e. The first-order chi connectivity index (χ1) is 8.19. The Morgan fingerprint density at radius 3 is 3.24 bits per heavy atom. The molecule has 0 aromatic carbocycles. The van der Waals surface area contributed by atoms with Gasteiger partial charge >= 0.3 is 0 Å². The number of likely N-dealkylation sites (N-methyl/N-ethyl adjacent to an activating group) is 1. The molecule has 1 aliphatic rings. The Kier molecular flexibility index (Phi) is 4.09. The van der Waals surface area contributed by atoms with Gasteiger partial charge in [0.25, 0.3) is 0 Å². The Morgan fingerprint density at radius 2 is 2.47 bits per heavy atom. The first-order valence-electron chi connectivity index (χ1n) is 5.65. The number of amides is 1. The van der Waals surface area contributed by atoms with E-state index >= 15 is 0 Å². The highest BCUT2D eigenvalue weighted by Crippen LogP contribution is 2.27. The number of hydrogen-bond donors (Lipinski definition) is 1. The molecule has 1 aliphatic heterocycles. The van der Waals surface area contributed by atoms with Crippen molar-refractivity contribution in [3.8, 4) is 0 Å². The molecule has 94 valence electrons. The van der Waals surface area contributed by atoms with Crippen LogP contribution in [0, 0.1) is 0 Å². The summed E-state index contributed by atoms with van der Waals surface area (Å²) in [5, 5.41) is 3.53. The summed E-state index contributed by atoms with van der Waals surface area (Å²) in [5.74, 6) is -0.0358. The normalized spacial score (nSPS) is 15.6. The van der Waals surface area contributed by atoms with Gasteiger partial charge in [0.1, 0.15) is 0 Å². The van der Waals surface area contributed by atoms with Crippen LogP contribution < -0.4 is 5.32 Å². The lowest BCUT2D eigenvalue weighted by Gasteiger charge is -2.20. The highest BCUT2D eigenvalue weighted by molar-refractivity contribution is 7.15. The third-order valence-corrected chi connectivity index (χ3v) is 3.70. The van der Waals surface area contributed by atoms with Gasteiger partial charge < -0.3 is 15.0 Å². The predicted molar refractivity (Wildman–Crippen MR) is 67.3 cm³/mol. The molecule has 6 heteroatoms. The summed E-state index contributed by atoms with van der Waals surface area (Å²) >= 11 is 1.58. The second kappa shape index (κ2) is 5.57. The minimum atomic E-state index is -0.0358. The van der Waals surface area contributed by atoms with Gasteiger partial charge in [-0.25, -0.2) is 4.98 Å². The van der Waals surface area contributed by atoms with Crippen molar-refractivity contribution >= 4 is 22.4 Å². The minimum Gasteiger partial charge on any atom is -0.384 e. The second-order valence-electron chi connectivity index (χ2n) is 4.17. The number of carbonyl (C=O) groups excluding carboxylic acids is 1. The number of rotatable bonds is 4. The molecule has 0 aliphatic carbocycles. The molecule has 2 rings (SSSR count). The van der Waals surface area contributed by atoms with Crippen LogP contribution in [0.1, 0.15) is 17.0 Å². The number of thiazole rings is 1. The smallest absolute Gasteiger partial charge is 0.228 e. The lowest BCUT2D eigenvalue weighted by molar-refractivity contribution is -0.117. The number of nitrogens with one attached hydrogen (secondary N) is 1. The maximum absolute atomic E-state index is 11.5. The van der Waals surface area contributed by atoms with Crippen molar-refractivity contribution in [3.05, 3.63) is 10.6 Å². The lowest BCUT2D eigenvalue weighted by Crippen LogP contribution is -2.25. The quantitative estimate of drug-likeness (QED) is 0.875. The van der Waals surface area contributed by atoms with Crippen molar-refractivity contribution in [2.24, 2.45) is 0 Å². The Morgan fingerprint density at radius 1 is 1.65 bits per heavy atom. The third kappa shape index (κ3) is 3.24. The van der Waals surface area contributed by atoms with Crippen LogP contribution in [0.3, 0.4) is 0 Å². The third-order valence-electron chi connectivity index (χ3n) is 2.70. The number of aromatic nitrogens is 1. The van der Waals surface area contributed by atoms with Crippen LogP contribution in [0.4, 0.5) is 5.13 Å². The summed E-state index contributed by atoms with van der Waals surface area (Å²) in [6.45, 7) is 2.41. The highest BCUT2D eigenvalue weighted by Gasteiger charge is 2.18. The fraction of sp³-hybridized carbons (Fsp3) is 0.636. The first-order valence-corrected chi connectivity index (χ1v) is 6.46. The molecule has 1 amide bonds. The summed E-state index contributed by atoms with van der Waals surface area (Å²) in [5.41, 5.74) is 1.13. The zero-order valence-corrected chi connectivity index (χ0v) is 11.0. The maximum atomic E-state index is 11.5. The van der Waals surface area contributed by atoms with Gasteiger partial charge in [0.15, 0.2) is 5.13 Å². The van der Waals surface area contributed by atoms with E-state index in [1.807, 2.05) is 0 Å². The van der Waals surface area contributed by atoms with E-state index in [-0.39, 0.29) is 5.91 Å². The number of carbonyl (C=O) groups is 1. The summed E-state index contributed by atoms with van der Waals surface area (Å²) in [6, 6.07) is 0. The van der Waals surface area contributed by atoms with Gasteiger partial charge in [-0.2, -0.15) is 0 Å². The van der Waals surface area contributed by atoms with Gasteiger partial charge in [-0.3, -0.25) is 4.79 Å². The lowest BCUT2D eigenvalue weighted by atomic mass is 10.2. The van der Waals surface area contributed by atoms with Gasteiger partial charge in [0.2, 0.25) is 5.91 Å². The van der Waals surface area contributed by atoms with E-state index in [2.05, 4.69) is 22.2 Å². The zero-order chi connectivity index (χ0) is 12.3. The van der Waals surface area contributed by atoms with Crippen LogP contribution in [0.5, 0.6) is 0 Å². The van der Waals surface area contributed by atoms with E-state index in [0.717, 1.165) is 25.2 Å². The van der Waals surface area contributed by atoms with Crippen LogP contribution in [0.25, 0.3) is 0 Å². The fourth-order valence-electron chi connectivity index (χ4n) is 1.75. The van der Waals surface area contributed by atoms with Gasteiger partial charge in [-0.1, -0.05) is 0 Å². The van der Waals surface area contributed by atoms with Crippen LogP contribution >= 0.6 is 11.3 Å². The largest absolute Gasteiger partial charge is 0.384 e. The Hall–Kier alpha value is -0.980. The van der Waals surface area contributed by atoms with Crippen LogP contribution in [0.2, 0.25) is 0 Å². The number of fused-ring (bicyclic) bond motifs is 1. The molecule has 0 unspecified atom stereocenters. The summed E-state index contributed by atoms with van der Waals surface area (Å²) < 4.78 is 4.86. The Bertz CT molecular complexity index is 405. The molecule has 5 nitrogen and oxygen atoms in total. The molecule has 0 fully saturated rings. The molecule has 1 aromatic heterocycles. The van der Waals surface area contributed by atoms with Gasteiger partial charge in [0.05, 0.1) is 18.7 Å². The van der Waals surface area contributed by atoms with Crippen molar-refractivity contribution in [1.82, 2.24) is 9.88 Å². The number of methoxy groups -OCH3 is 1. The molecular formula is C11H17N3O2S. The molecular weight excluding hydrogens is 238 g/mol. The van der Waals surface area contributed by atoms with Gasteiger partial charge in [-0.05, 0) is 7.05 Å². The van der Waals surface area contributed by atoms with Gasteiger partial charge in [0, 0.05) is 31.5 Å². The van der Waals surface area contributed by atoms with E-state index in [4.69, 9.17) is 4.74 Å². The number of ether oxygens (including phenoxy) is 1. The monoisotopic (exact) mass is 255 g/mol. The highest BCUT2D eigenvalue weighted by atomic mass is 32.1. The molecule has 0 spiro atoms. The van der Waals surface area contributed by atoms with Crippen LogP contribution in [-0.2, 0) is 22.5 Å². The molecule has 2 heterocycles. The molecule has 0 saturated carbocycles. The van der Waals surface area contributed by atoms with E-state index < -0.39 is 0 Å². The first kappa shape index (κ1) is 12.5. The molecule has 0 saturated heterocycles. The number of anilines is 1. The van der Waals surface area contributed by atoms with Crippen molar-refractivity contribution in [1.29, 1.82) is 0 Å². The van der Waals surface area contributed by atoms with Crippen molar-refractivity contribution in [2.75, 3.05) is 32.6 Å². The van der Waals surface area contributed by atoms with Gasteiger partial charge in [-0.15, -0.1) is 11.3 Å². The fourth-order valence-corrected chi connectivity index (χ4v) is 2.86. The average molecular weight is 255 g/mol. The van der Waals surface area contributed by atoms with Crippen LogP contribution in [-0.4, -0.2) is 43.1 Å². The van der Waals surface area contributed by atoms with E-state index in [1.165, 1.54) is 4.88 Å². The summed E-state index contributed by atoms with van der Waals surface area (Å²) in [7, 11) is 3.69. The zero-order valence-electron chi connectivity index (χ0n) is 10.2. The van der Waals surface area contributed by atoms with Crippen molar-refractivity contribution in [2.45, 2.75) is 19.4 Å². The molecule has 0 bridgehead atoms. The van der Waals surface area contributed by atoms with E-state index in [9.17, 15) is 4.79 Å².